The van der Waals surface area contributed by atoms with Crippen LogP contribution in [-0.4, -0.2) is 95.6 Å². The Balaban J connectivity index is 1.57. The lowest BCUT2D eigenvalue weighted by Gasteiger charge is -2.30. The molecule has 10 nitrogen and oxygen atoms in total. The molecule has 0 spiro atoms. The molecule has 3 saturated heterocycles. The molecule has 166 valence electrons. The van der Waals surface area contributed by atoms with Crippen LogP contribution in [-0.2, 0) is 24.0 Å². The molecule has 3 rings (SSSR count). The van der Waals surface area contributed by atoms with E-state index in [4.69, 9.17) is 0 Å². The first-order valence-electron chi connectivity index (χ1n) is 10.7. The van der Waals surface area contributed by atoms with Crippen LogP contribution in [0.25, 0.3) is 0 Å². The Bertz CT molecular complexity index is 726. The van der Waals surface area contributed by atoms with Gasteiger partial charge >= 0.3 is 0 Å². The first-order valence-corrected chi connectivity index (χ1v) is 10.7. The molecule has 0 bridgehead atoms. The summed E-state index contributed by atoms with van der Waals surface area (Å²) in [6.07, 6.45) is 3.97. The van der Waals surface area contributed by atoms with Gasteiger partial charge in [0.1, 0.15) is 18.1 Å². The van der Waals surface area contributed by atoms with E-state index in [-0.39, 0.29) is 36.1 Å². The highest BCUT2D eigenvalue weighted by Gasteiger charge is 2.41. The summed E-state index contributed by atoms with van der Waals surface area (Å²) in [6, 6.07) is -1.63. The van der Waals surface area contributed by atoms with E-state index in [9.17, 15) is 24.0 Å². The summed E-state index contributed by atoms with van der Waals surface area (Å²) >= 11 is 0. The first-order chi connectivity index (χ1) is 14.3. The van der Waals surface area contributed by atoms with Crippen LogP contribution in [0.15, 0.2) is 0 Å². The largest absolute Gasteiger partial charge is 0.357 e. The summed E-state index contributed by atoms with van der Waals surface area (Å²) in [7, 11) is 1.54. The lowest BCUT2D eigenvalue weighted by atomic mass is 10.1. The second-order valence-electron chi connectivity index (χ2n) is 8.14. The van der Waals surface area contributed by atoms with Crippen molar-refractivity contribution in [1.82, 2.24) is 25.3 Å². The van der Waals surface area contributed by atoms with E-state index in [1.54, 1.807) is 9.80 Å². The third-order valence-corrected chi connectivity index (χ3v) is 6.32. The number of rotatable bonds is 5. The molecule has 3 atom stereocenters. The van der Waals surface area contributed by atoms with Crippen molar-refractivity contribution in [2.75, 3.05) is 33.2 Å². The van der Waals surface area contributed by atoms with E-state index < -0.39 is 18.1 Å². The van der Waals surface area contributed by atoms with Crippen LogP contribution in [0.5, 0.6) is 0 Å². The van der Waals surface area contributed by atoms with Crippen LogP contribution in [0.3, 0.4) is 0 Å². The lowest BCUT2D eigenvalue weighted by Crippen LogP contribution is -2.54. The predicted molar refractivity (Wildman–Crippen MR) is 107 cm³/mol. The highest BCUT2D eigenvalue weighted by molar-refractivity contribution is 5.94. The predicted octanol–water partition coefficient (Wildman–Crippen LogP) is -1.16. The second kappa shape index (κ2) is 9.44. The number of carbonyl (C=O) groups excluding carboxylic acids is 5. The van der Waals surface area contributed by atoms with Gasteiger partial charge < -0.3 is 25.3 Å². The zero-order chi connectivity index (χ0) is 21.8. The molecular weight excluding hydrogens is 390 g/mol. The summed E-state index contributed by atoms with van der Waals surface area (Å²) in [5.41, 5.74) is 0. The van der Waals surface area contributed by atoms with Gasteiger partial charge in [-0.2, -0.15) is 0 Å². The number of nitrogens with zero attached hydrogens (tertiary/aromatic N) is 3. The third kappa shape index (κ3) is 4.41. The zero-order valence-electron chi connectivity index (χ0n) is 17.7. The van der Waals surface area contributed by atoms with Gasteiger partial charge in [-0.05, 0) is 38.5 Å². The fourth-order valence-electron chi connectivity index (χ4n) is 4.78. The Morgan fingerprint density at radius 3 is 1.90 bits per heavy atom. The van der Waals surface area contributed by atoms with E-state index in [1.807, 2.05) is 0 Å². The van der Waals surface area contributed by atoms with Gasteiger partial charge in [-0.1, -0.05) is 0 Å². The van der Waals surface area contributed by atoms with E-state index in [0.29, 0.717) is 45.3 Å². The molecule has 2 N–H and O–H groups in total. The normalized spacial score (nSPS) is 26.1. The van der Waals surface area contributed by atoms with E-state index >= 15 is 0 Å². The number of nitrogens with one attached hydrogen (secondary N) is 2. The van der Waals surface area contributed by atoms with Crippen molar-refractivity contribution in [2.45, 2.75) is 63.6 Å². The molecule has 10 heteroatoms. The lowest BCUT2D eigenvalue weighted by molar-refractivity contribution is -0.146. The molecule has 30 heavy (non-hydrogen) atoms. The van der Waals surface area contributed by atoms with Gasteiger partial charge in [0.2, 0.25) is 29.5 Å². The van der Waals surface area contributed by atoms with Gasteiger partial charge in [0.25, 0.3) is 0 Å². The minimum absolute atomic E-state index is 0.132. The number of likely N-dealkylation sites (N-methyl/N-ethyl adjacent to an activating group) is 1. The minimum Gasteiger partial charge on any atom is -0.357 e. The highest BCUT2D eigenvalue weighted by atomic mass is 16.2. The van der Waals surface area contributed by atoms with Crippen molar-refractivity contribution in [3.8, 4) is 0 Å². The van der Waals surface area contributed by atoms with Crippen molar-refractivity contribution >= 4 is 29.5 Å². The second-order valence-corrected chi connectivity index (χ2v) is 8.14. The van der Waals surface area contributed by atoms with Gasteiger partial charge in [0, 0.05) is 33.6 Å². The smallest absolute Gasteiger partial charge is 0.246 e. The maximum Gasteiger partial charge on any atom is 0.246 e. The Hall–Kier alpha value is -2.65. The average molecular weight is 421 g/mol. The fraction of sp³-hybridized carbons (Fsp3) is 0.750. The number of hydrogen-bond donors (Lipinski definition) is 2. The zero-order valence-corrected chi connectivity index (χ0v) is 17.7. The molecule has 3 aliphatic rings. The van der Waals surface area contributed by atoms with Crippen LogP contribution < -0.4 is 10.6 Å². The summed E-state index contributed by atoms with van der Waals surface area (Å²) < 4.78 is 0. The number of likely N-dealkylation sites (tertiary alicyclic amines) is 3. The first kappa shape index (κ1) is 22.0. The standard InChI is InChI=1S/C20H31N5O5/c1-13(26)23-9-5-8-16(23)20(30)25-11-4-7-15(25)19(29)22-12-17(27)24-10-3-6-14(24)18(28)21-2/h14-16H,3-12H2,1-2H3,(H,21,28)(H,22,29). The van der Waals surface area contributed by atoms with Crippen LogP contribution >= 0.6 is 0 Å². The van der Waals surface area contributed by atoms with E-state index in [1.165, 1.54) is 18.9 Å². The molecule has 0 aromatic rings. The molecule has 3 unspecified atom stereocenters. The van der Waals surface area contributed by atoms with E-state index in [0.717, 1.165) is 12.8 Å². The van der Waals surface area contributed by atoms with Crippen molar-refractivity contribution in [3.63, 3.8) is 0 Å². The maximum atomic E-state index is 13.0. The Kier molecular flexibility index (Phi) is 6.94. The summed E-state index contributed by atoms with van der Waals surface area (Å²) in [4.78, 5) is 66.6. The van der Waals surface area contributed by atoms with Crippen LogP contribution in [0.2, 0.25) is 0 Å². The molecule has 3 heterocycles. The number of hydrogen-bond acceptors (Lipinski definition) is 5. The minimum atomic E-state index is -0.631. The average Bonchev–Trinajstić information content (AvgIpc) is 3.49. The Morgan fingerprint density at radius 1 is 0.767 bits per heavy atom. The molecule has 3 fully saturated rings. The van der Waals surface area contributed by atoms with Crippen LogP contribution in [0.1, 0.15) is 45.4 Å². The molecule has 0 aliphatic carbocycles. The fourth-order valence-corrected chi connectivity index (χ4v) is 4.78. The van der Waals surface area contributed by atoms with Crippen molar-refractivity contribution in [2.24, 2.45) is 0 Å². The number of carbonyl (C=O) groups is 5. The van der Waals surface area contributed by atoms with Gasteiger partial charge in [-0.15, -0.1) is 0 Å². The molecule has 0 radical (unpaired) electrons. The maximum absolute atomic E-state index is 13.0. The van der Waals surface area contributed by atoms with Crippen molar-refractivity contribution in [3.05, 3.63) is 0 Å². The van der Waals surface area contributed by atoms with E-state index in [2.05, 4.69) is 10.6 Å². The third-order valence-electron chi connectivity index (χ3n) is 6.32. The molecular formula is C20H31N5O5. The van der Waals surface area contributed by atoms with Crippen molar-refractivity contribution in [1.29, 1.82) is 0 Å². The Labute approximate surface area is 176 Å². The van der Waals surface area contributed by atoms with Gasteiger partial charge in [0.15, 0.2) is 0 Å². The summed E-state index contributed by atoms with van der Waals surface area (Å²) in [5, 5.41) is 5.22. The highest BCUT2D eigenvalue weighted by Crippen LogP contribution is 2.25. The molecule has 0 aromatic heterocycles. The van der Waals surface area contributed by atoms with Gasteiger partial charge in [-0.3, -0.25) is 24.0 Å². The Morgan fingerprint density at radius 2 is 1.30 bits per heavy atom. The quantitative estimate of drug-likeness (QED) is 0.581. The molecule has 5 amide bonds. The monoisotopic (exact) mass is 421 g/mol. The SMILES string of the molecule is CNC(=O)C1CCCN1C(=O)CNC(=O)C1CCCN1C(=O)C1CCCN1C(C)=O. The summed E-state index contributed by atoms with van der Waals surface area (Å²) in [6.45, 7) is 2.78. The van der Waals surface area contributed by atoms with Crippen LogP contribution in [0.4, 0.5) is 0 Å². The molecule has 0 saturated carbocycles. The van der Waals surface area contributed by atoms with Gasteiger partial charge in [0.05, 0.1) is 6.54 Å². The molecule has 0 aromatic carbocycles. The topological polar surface area (TPSA) is 119 Å². The van der Waals surface area contributed by atoms with Gasteiger partial charge in [-0.25, -0.2) is 0 Å². The number of amides is 5. The summed E-state index contributed by atoms with van der Waals surface area (Å²) in [5.74, 6) is -1.19. The van der Waals surface area contributed by atoms with Crippen molar-refractivity contribution < 1.29 is 24.0 Å². The van der Waals surface area contributed by atoms with Crippen LogP contribution in [0, 0.1) is 0 Å². The molecule has 3 aliphatic heterocycles.